The fourth-order valence-electron chi connectivity index (χ4n) is 2.02. The Bertz CT molecular complexity index is 789. The summed E-state index contributed by atoms with van der Waals surface area (Å²) in [5.74, 6) is 0.0436. The summed E-state index contributed by atoms with van der Waals surface area (Å²) in [6, 6.07) is 16.6. The highest BCUT2D eigenvalue weighted by Gasteiger charge is 2.05. The third kappa shape index (κ3) is 6.74. The predicted molar refractivity (Wildman–Crippen MR) is 104 cm³/mol. The average Bonchev–Trinajstić information content (AvgIpc) is 2.66. The molecule has 0 aliphatic carbocycles. The normalized spacial score (nSPS) is 10.2. The van der Waals surface area contributed by atoms with Crippen LogP contribution in [0.15, 0.2) is 60.7 Å². The number of amides is 2. The van der Waals surface area contributed by atoms with Gasteiger partial charge in [0.05, 0.1) is 13.5 Å². The van der Waals surface area contributed by atoms with E-state index >= 15 is 0 Å². The molecule has 0 unspecified atom stereocenters. The quantitative estimate of drug-likeness (QED) is 0.427. The second-order valence-corrected chi connectivity index (χ2v) is 5.67. The van der Waals surface area contributed by atoms with E-state index in [1.165, 1.54) is 6.08 Å². The van der Waals surface area contributed by atoms with Gasteiger partial charge in [0.2, 0.25) is 11.8 Å². The summed E-state index contributed by atoms with van der Waals surface area (Å²) >= 11 is 4.97. The Labute approximate surface area is 157 Å². The van der Waals surface area contributed by atoms with Crippen LogP contribution < -0.4 is 20.9 Å². The minimum absolute atomic E-state index is 0.00999. The molecule has 3 N–H and O–H groups in total. The van der Waals surface area contributed by atoms with E-state index < -0.39 is 5.91 Å². The lowest BCUT2D eigenvalue weighted by Crippen LogP contribution is -2.48. The van der Waals surface area contributed by atoms with E-state index in [-0.39, 0.29) is 17.4 Å². The maximum absolute atomic E-state index is 11.9. The summed E-state index contributed by atoms with van der Waals surface area (Å²) in [6.07, 6.45) is 3.20. The molecule has 0 heterocycles. The molecule has 7 heteroatoms. The number of benzene rings is 2. The van der Waals surface area contributed by atoms with Gasteiger partial charge in [0.1, 0.15) is 5.75 Å². The number of nitrogens with one attached hydrogen (secondary N) is 3. The molecule has 26 heavy (non-hydrogen) atoms. The molecule has 0 bridgehead atoms. The zero-order valence-corrected chi connectivity index (χ0v) is 15.0. The predicted octanol–water partition coefficient (Wildman–Crippen LogP) is 1.97. The molecule has 2 aromatic carbocycles. The number of methoxy groups -OCH3 is 1. The molecule has 0 aliphatic heterocycles. The minimum atomic E-state index is -0.393. The van der Waals surface area contributed by atoms with Crippen molar-refractivity contribution >= 4 is 35.2 Å². The van der Waals surface area contributed by atoms with Crippen molar-refractivity contribution in [2.75, 3.05) is 7.11 Å². The van der Waals surface area contributed by atoms with Crippen LogP contribution >= 0.6 is 12.2 Å². The van der Waals surface area contributed by atoms with Crippen LogP contribution in [0.3, 0.4) is 0 Å². The van der Waals surface area contributed by atoms with Gasteiger partial charge in [-0.3, -0.25) is 25.8 Å². The van der Waals surface area contributed by atoms with Crippen molar-refractivity contribution in [1.29, 1.82) is 0 Å². The minimum Gasteiger partial charge on any atom is -0.497 e. The lowest BCUT2D eigenvalue weighted by molar-refractivity contribution is -0.121. The van der Waals surface area contributed by atoms with Crippen molar-refractivity contribution in [3.8, 4) is 5.75 Å². The Hall–Kier alpha value is -3.19. The van der Waals surface area contributed by atoms with Crippen LogP contribution in [-0.2, 0) is 16.0 Å². The average molecular weight is 369 g/mol. The van der Waals surface area contributed by atoms with Gasteiger partial charge in [-0.15, -0.1) is 0 Å². The lowest BCUT2D eigenvalue weighted by atomic mass is 10.1. The van der Waals surface area contributed by atoms with Crippen molar-refractivity contribution < 1.29 is 14.3 Å². The summed E-state index contributed by atoms with van der Waals surface area (Å²) in [5, 5.41) is 2.46. The zero-order valence-electron chi connectivity index (χ0n) is 14.2. The molecule has 0 fully saturated rings. The highest BCUT2D eigenvalue weighted by atomic mass is 32.1. The standard InChI is InChI=1S/C19H19N3O3S/c1-25-16-10-7-15(8-11-16)13-18(24)21-22-19(26)20-17(23)12-9-14-5-3-2-4-6-14/h2-12H,13H2,1H3,(H,21,24)(H2,20,22,23,26). The molecule has 0 aromatic heterocycles. The van der Waals surface area contributed by atoms with Crippen LogP contribution in [0.5, 0.6) is 5.75 Å². The van der Waals surface area contributed by atoms with Gasteiger partial charge in [0.25, 0.3) is 0 Å². The van der Waals surface area contributed by atoms with E-state index in [2.05, 4.69) is 16.2 Å². The molecule has 134 valence electrons. The second kappa shape index (κ2) is 9.95. The molecule has 6 nitrogen and oxygen atoms in total. The third-order valence-corrected chi connectivity index (χ3v) is 3.51. The Morgan fingerprint density at radius 1 is 1.04 bits per heavy atom. The molecule has 2 amide bonds. The van der Waals surface area contributed by atoms with Crippen LogP contribution in [0, 0.1) is 0 Å². The smallest absolute Gasteiger partial charge is 0.250 e. The summed E-state index contributed by atoms with van der Waals surface area (Å²) < 4.78 is 5.06. The molecular formula is C19H19N3O3S. The molecular weight excluding hydrogens is 350 g/mol. The van der Waals surface area contributed by atoms with E-state index in [1.807, 2.05) is 30.3 Å². The molecule has 0 radical (unpaired) electrons. The van der Waals surface area contributed by atoms with E-state index in [9.17, 15) is 9.59 Å². The largest absolute Gasteiger partial charge is 0.497 e. The summed E-state index contributed by atoms with van der Waals surface area (Å²) in [5.41, 5.74) is 6.66. The van der Waals surface area contributed by atoms with E-state index in [1.54, 1.807) is 37.5 Å². The van der Waals surface area contributed by atoms with Crippen molar-refractivity contribution in [3.05, 3.63) is 71.8 Å². The van der Waals surface area contributed by atoms with Crippen LogP contribution in [0.2, 0.25) is 0 Å². The van der Waals surface area contributed by atoms with Gasteiger partial charge < -0.3 is 4.74 Å². The van der Waals surface area contributed by atoms with E-state index in [4.69, 9.17) is 17.0 Å². The first-order chi connectivity index (χ1) is 12.6. The first kappa shape index (κ1) is 19.1. The van der Waals surface area contributed by atoms with Gasteiger partial charge in [0.15, 0.2) is 5.11 Å². The first-order valence-electron chi connectivity index (χ1n) is 7.82. The number of ether oxygens (including phenoxy) is 1. The molecule has 0 saturated carbocycles. The molecule has 0 saturated heterocycles. The fraction of sp³-hybridized carbons (Fsp3) is 0.105. The van der Waals surface area contributed by atoms with Crippen molar-refractivity contribution in [3.63, 3.8) is 0 Å². The number of carbonyl (C=O) groups is 2. The van der Waals surface area contributed by atoms with Crippen LogP contribution in [0.1, 0.15) is 11.1 Å². The SMILES string of the molecule is COc1ccc(CC(=O)NNC(=S)NC(=O)C=Cc2ccccc2)cc1. The lowest BCUT2D eigenvalue weighted by Gasteiger charge is -2.10. The number of carbonyl (C=O) groups excluding carboxylic acids is 2. The highest BCUT2D eigenvalue weighted by Crippen LogP contribution is 2.11. The first-order valence-corrected chi connectivity index (χ1v) is 8.23. The van der Waals surface area contributed by atoms with E-state index in [0.29, 0.717) is 0 Å². The molecule has 2 rings (SSSR count). The molecule has 2 aromatic rings. The number of thiocarbonyl (C=S) groups is 1. The van der Waals surface area contributed by atoms with Crippen LogP contribution in [0.4, 0.5) is 0 Å². The summed E-state index contributed by atoms with van der Waals surface area (Å²) in [6.45, 7) is 0. The number of hydrogen-bond donors (Lipinski definition) is 3. The summed E-state index contributed by atoms with van der Waals surface area (Å²) in [4.78, 5) is 23.6. The molecule has 0 spiro atoms. The van der Waals surface area contributed by atoms with Gasteiger partial charge in [-0.1, -0.05) is 42.5 Å². The number of hydrogen-bond acceptors (Lipinski definition) is 4. The topological polar surface area (TPSA) is 79.5 Å². The van der Waals surface area contributed by atoms with Gasteiger partial charge in [-0.2, -0.15) is 0 Å². The highest BCUT2D eigenvalue weighted by molar-refractivity contribution is 7.80. The van der Waals surface area contributed by atoms with Gasteiger partial charge >= 0.3 is 0 Å². The Balaban J connectivity index is 1.72. The summed E-state index contributed by atoms with van der Waals surface area (Å²) in [7, 11) is 1.58. The van der Waals surface area contributed by atoms with E-state index in [0.717, 1.165) is 16.9 Å². The van der Waals surface area contributed by atoms with Gasteiger partial charge in [-0.25, -0.2) is 0 Å². The Kier molecular flexibility index (Phi) is 7.32. The number of rotatable bonds is 5. The maximum Gasteiger partial charge on any atom is 0.250 e. The monoisotopic (exact) mass is 369 g/mol. The van der Waals surface area contributed by atoms with Crippen LogP contribution in [0.25, 0.3) is 6.08 Å². The third-order valence-electron chi connectivity index (χ3n) is 3.30. The number of hydrazine groups is 1. The van der Waals surface area contributed by atoms with Crippen molar-refractivity contribution in [2.24, 2.45) is 0 Å². The van der Waals surface area contributed by atoms with Gasteiger partial charge in [-0.05, 0) is 41.6 Å². The molecule has 0 aliphatic rings. The second-order valence-electron chi connectivity index (χ2n) is 5.26. The van der Waals surface area contributed by atoms with Crippen molar-refractivity contribution in [1.82, 2.24) is 16.2 Å². The Morgan fingerprint density at radius 2 is 1.73 bits per heavy atom. The molecule has 0 atom stereocenters. The van der Waals surface area contributed by atoms with Crippen LogP contribution in [-0.4, -0.2) is 24.0 Å². The zero-order chi connectivity index (χ0) is 18.8. The Morgan fingerprint density at radius 3 is 2.38 bits per heavy atom. The van der Waals surface area contributed by atoms with Gasteiger partial charge in [0, 0.05) is 6.08 Å². The van der Waals surface area contributed by atoms with Crippen molar-refractivity contribution in [2.45, 2.75) is 6.42 Å². The maximum atomic E-state index is 11.9. The fourth-order valence-corrected chi connectivity index (χ4v) is 2.17.